The van der Waals surface area contributed by atoms with Gasteiger partial charge >= 0.3 is 0 Å². The molecule has 0 aromatic heterocycles. The number of anilines is 1. The fourth-order valence-corrected chi connectivity index (χ4v) is 2.57. The zero-order chi connectivity index (χ0) is 15.9. The summed E-state index contributed by atoms with van der Waals surface area (Å²) in [5.41, 5.74) is 0.0273. The molecule has 2 rings (SSSR count). The number of rotatable bonds is 6. The molecule has 22 heavy (non-hydrogen) atoms. The van der Waals surface area contributed by atoms with Crippen molar-refractivity contribution in [1.82, 2.24) is 4.90 Å². The molecule has 1 amide bonds. The van der Waals surface area contributed by atoms with Gasteiger partial charge in [0.15, 0.2) is 0 Å². The van der Waals surface area contributed by atoms with Gasteiger partial charge in [-0.25, -0.2) is 4.39 Å². The van der Waals surface area contributed by atoms with E-state index in [9.17, 15) is 19.3 Å². The molecular formula is C15H20FN3O3. The van der Waals surface area contributed by atoms with Gasteiger partial charge < -0.3 is 10.2 Å². The molecule has 0 bridgehead atoms. The highest BCUT2D eigenvalue weighted by Gasteiger charge is 2.17. The number of likely N-dealkylation sites (tertiary alicyclic amines) is 1. The highest BCUT2D eigenvalue weighted by atomic mass is 19.1. The summed E-state index contributed by atoms with van der Waals surface area (Å²) in [5, 5.41) is 13.8. The first-order valence-corrected chi connectivity index (χ1v) is 7.53. The first kappa shape index (κ1) is 16.2. The minimum Gasteiger partial charge on any atom is -0.379 e. The van der Waals surface area contributed by atoms with Crippen molar-refractivity contribution in [3.05, 3.63) is 34.1 Å². The first-order valence-electron chi connectivity index (χ1n) is 7.53. The minimum atomic E-state index is -0.632. The molecule has 0 aliphatic carbocycles. The lowest BCUT2D eigenvalue weighted by Gasteiger charge is -2.20. The Kier molecular flexibility index (Phi) is 5.68. The van der Waals surface area contributed by atoms with Crippen molar-refractivity contribution in [3.63, 3.8) is 0 Å². The topological polar surface area (TPSA) is 75.5 Å². The predicted octanol–water partition coefficient (Wildman–Crippen LogP) is 2.94. The van der Waals surface area contributed by atoms with Gasteiger partial charge in [-0.3, -0.25) is 14.9 Å². The van der Waals surface area contributed by atoms with Crippen LogP contribution in [0.1, 0.15) is 32.1 Å². The molecule has 0 atom stereocenters. The maximum Gasteiger partial charge on any atom is 0.295 e. The summed E-state index contributed by atoms with van der Waals surface area (Å²) >= 11 is 0. The SMILES string of the molecule is O=C1CCCCCN1CCCNc1ccc(F)cc1[N+](=O)[O-]. The maximum absolute atomic E-state index is 13.0. The number of carbonyl (C=O) groups is 1. The fraction of sp³-hybridized carbons (Fsp3) is 0.533. The molecule has 0 saturated carbocycles. The van der Waals surface area contributed by atoms with Crippen LogP contribution in [0.3, 0.4) is 0 Å². The molecule has 1 fully saturated rings. The van der Waals surface area contributed by atoms with E-state index in [4.69, 9.17) is 0 Å². The van der Waals surface area contributed by atoms with E-state index in [0.717, 1.165) is 31.9 Å². The number of nitro groups is 1. The van der Waals surface area contributed by atoms with Crippen LogP contribution in [0.2, 0.25) is 0 Å². The molecule has 1 aliphatic rings. The summed E-state index contributed by atoms with van der Waals surface area (Å²) in [6, 6.07) is 3.46. The molecular weight excluding hydrogens is 289 g/mol. The number of hydrogen-bond donors (Lipinski definition) is 1. The molecule has 6 nitrogen and oxygen atoms in total. The zero-order valence-electron chi connectivity index (χ0n) is 12.4. The van der Waals surface area contributed by atoms with Gasteiger partial charge in [-0.1, -0.05) is 6.42 Å². The van der Waals surface area contributed by atoms with Gasteiger partial charge in [0.2, 0.25) is 5.91 Å². The molecule has 0 unspecified atom stereocenters. The van der Waals surface area contributed by atoms with Gasteiger partial charge in [-0.05, 0) is 31.4 Å². The Hall–Kier alpha value is -2.18. The quantitative estimate of drug-likeness (QED) is 0.498. The Morgan fingerprint density at radius 1 is 1.32 bits per heavy atom. The minimum absolute atomic E-state index is 0.185. The van der Waals surface area contributed by atoms with Gasteiger partial charge in [0.05, 0.1) is 11.0 Å². The second-order valence-electron chi connectivity index (χ2n) is 5.39. The summed E-state index contributed by atoms with van der Waals surface area (Å²) in [6.45, 7) is 1.92. The number of benzene rings is 1. The van der Waals surface area contributed by atoms with Crippen LogP contribution in [0.25, 0.3) is 0 Å². The van der Waals surface area contributed by atoms with Crippen LogP contribution >= 0.6 is 0 Å². The van der Waals surface area contributed by atoms with Crippen LogP contribution in [-0.2, 0) is 4.79 Å². The smallest absolute Gasteiger partial charge is 0.295 e. The number of halogens is 1. The van der Waals surface area contributed by atoms with E-state index in [1.54, 1.807) is 0 Å². The molecule has 0 spiro atoms. The second-order valence-corrected chi connectivity index (χ2v) is 5.39. The summed E-state index contributed by atoms with van der Waals surface area (Å²) in [7, 11) is 0. The molecule has 7 heteroatoms. The third kappa shape index (κ3) is 4.41. The largest absolute Gasteiger partial charge is 0.379 e. The van der Waals surface area contributed by atoms with Crippen molar-refractivity contribution in [2.75, 3.05) is 25.0 Å². The lowest BCUT2D eigenvalue weighted by atomic mass is 10.2. The number of nitro benzene ring substituents is 1. The van der Waals surface area contributed by atoms with E-state index >= 15 is 0 Å². The number of amides is 1. The molecule has 1 heterocycles. The van der Waals surface area contributed by atoms with Crippen molar-refractivity contribution in [2.24, 2.45) is 0 Å². The molecule has 1 aliphatic heterocycles. The number of hydrogen-bond acceptors (Lipinski definition) is 4. The highest BCUT2D eigenvalue weighted by molar-refractivity contribution is 5.76. The number of nitrogens with one attached hydrogen (secondary N) is 1. The van der Waals surface area contributed by atoms with Crippen LogP contribution in [0.5, 0.6) is 0 Å². The normalized spacial score (nSPS) is 15.5. The summed E-state index contributed by atoms with van der Waals surface area (Å²) in [5.74, 6) is -0.447. The van der Waals surface area contributed by atoms with E-state index in [-0.39, 0.29) is 11.6 Å². The molecule has 0 radical (unpaired) electrons. The van der Waals surface area contributed by atoms with Crippen molar-refractivity contribution < 1.29 is 14.1 Å². The summed E-state index contributed by atoms with van der Waals surface area (Å²) in [6.07, 6.45) is 4.37. The molecule has 1 N–H and O–H groups in total. The Morgan fingerprint density at radius 3 is 2.91 bits per heavy atom. The number of carbonyl (C=O) groups excluding carboxylic acids is 1. The Balaban J connectivity index is 1.83. The van der Waals surface area contributed by atoms with E-state index in [2.05, 4.69) is 5.32 Å². The molecule has 1 aromatic rings. The van der Waals surface area contributed by atoms with E-state index in [0.29, 0.717) is 31.6 Å². The highest BCUT2D eigenvalue weighted by Crippen LogP contribution is 2.24. The van der Waals surface area contributed by atoms with Crippen LogP contribution in [0.4, 0.5) is 15.8 Å². The van der Waals surface area contributed by atoms with Gasteiger partial charge in [0.1, 0.15) is 11.5 Å². The fourth-order valence-electron chi connectivity index (χ4n) is 2.57. The van der Waals surface area contributed by atoms with E-state index < -0.39 is 10.7 Å². The zero-order valence-corrected chi connectivity index (χ0v) is 12.4. The van der Waals surface area contributed by atoms with Gasteiger partial charge in [-0.15, -0.1) is 0 Å². The average molecular weight is 309 g/mol. The molecule has 120 valence electrons. The van der Waals surface area contributed by atoms with Gasteiger partial charge in [-0.2, -0.15) is 0 Å². The summed E-state index contributed by atoms with van der Waals surface area (Å²) in [4.78, 5) is 24.0. The van der Waals surface area contributed by atoms with Gasteiger partial charge in [0, 0.05) is 26.1 Å². The lowest BCUT2D eigenvalue weighted by Crippen LogP contribution is -2.32. The monoisotopic (exact) mass is 309 g/mol. The van der Waals surface area contributed by atoms with Gasteiger partial charge in [0.25, 0.3) is 5.69 Å². The third-order valence-corrected chi connectivity index (χ3v) is 3.75. The molecule has 1 saturated heterocycles. The summed E-state index contributed by atoms with van der Waals surface area (Å²) < 4.78 is 13.0. The van der Waals surface area contributed by atoms with Crippen LogP contribution < -0.4 is 5.32 Å². The Morgan fingerprint density at radius 2 is 2.14 bits per heavy atom. The van der Waals surface area contributed by atoms with Crippen molar-refractivity contribution in [2.45, 2.75) is 32.1 Å². The predicted molar refractivity (Wildman–Crippen MR) is 81.2 cm³/mol. The van der Waals surface area contributed by atoms with Crippen molar-refractivity contribution >= 4 is 17.3 Å². The van der Waals surface area contributed by atoms with Crippen LogP contribution in [-0.4, -0.2) is 35.4 Å². The van der Waals surface area contributed by atoms with Crippen LogP contribution in [0, 0.1) is 15.9 Å². The lowest BCUT2D eigenvalue weighted by molar-refractivity contribution is -0.384. The first-order chi connectivity index (χ1) is 10.6. The average Bonchev–Trinajstić information content (AvgIpc) is 2.69. The second kappa shape index (κ2) is 7.72. The van der Waals surface area contributed by atoms with Crippen molar-refractivity contribution in [3.8, 4) is 0 Å². The Labute approximate surface area is 128 Å². The molecule has 1 aromatic carbocycles. The maximum atomic E-state index is 13.0. The number of nitrogens with zero attached hydrogens (tertiary/aromatic N) is 2. The standard InChI is InChI=1S/C15H20FN3O3/c16-12-6-7-13(14(11-12)19(21)22)17-8-4-10-18-9-3-1-2-5-15(18)20/h6-7,11,17H,1-5,8-10H2. The van der Waals surface area contributed by atoms with E-state index in [1.807, 2.05) is 4.90 Å². The van der Waals surface area contributed by atoms with Crippen LogP contribution in [0.15, 0.2) is 18.2 Å². The van der Waals surface area contributed by atoms with Crippen molar-refractivity contribution in [1.29, 1.82) is 0 Å². The third-order valence-electron chi connectivity index (χ3n) is 3.75. The Bertz CT molecular complexity index is 551. The van der Waals surface area contributed by atoms with E-state index in [1.165, 1.54) is 12.1 Å².